The first-order valence-electron chi connectivity index (χ1n) is 7.93. The molecule has 108 valence electrons. The van der Waals surface area contributed by atoms with Crippen LogP contribution in [0.25, 0.3) is 0 Å². The largest absolute Gasteiger partial charge is 0.461 e. The van der Waals surface area contributed by atoms with Crippen molar-refractivity contribution < 1.29 is 14.3 Å². The highest BCUT2D eigenvalue weighted by atomic mass is 16.5. The van der Waals surface area contributed by atoms with E-state index >= 15 is 0 Å². The predicted molar refractivity (Wildman–Crippen MR) is 76.2 cm³/mol. The van der Waals surface area contributed by atoms with Gasteiger partial charge in [-0.3, -0.25) is 9.59 Å². The first-order valence-corrected chi connectivity index (χ1v) is 7.93. The number of rotatable bonds is 0. The van der Waals surface area contributed by atoms with Crippen LogP contribution in [-0.4, -0.2) is 17.9 Å². The zero-order valence-electron chi connectivity index (χ0n) is 12.3. The van der Waals surface area contributed by atoms with Crippen LogP contribution < -0.4 is 0 Å². The molecule has 1 spiro atoms. The summed E-state index contributed by atoms with van der Waals surface area (Å²) < 4.78 is 5.67. The molecule has 1 aromatic carbocycles. The maximum atomic E-state index is 13.0. The summed E-state index contributed by atoms with van der Waals surface area (Å²) in [4.78, 5) is 25.6. The first-order chi connectivity index (χ1) is 10.1. The minimum atomic E-state index is -0.443. The van der Waals surface area contributed by atoms with Crippen LogP contribution in [-0.2, 0) is 16.0 Å². The number of ether oxygens (including phenoxy) is 1. The third-order valence-electron chi connectivity index (χ3n) is 6.63. The molecule has 21 heavy (non-hydrogen) atoms. The molecule has 5 aliphatic rings. The molecule has 2 aliphatic heterocycles. The SMILES string of the molecule is Cc1ccc2c3c1C(=O)[C@@H]1[C@@H]4CC(C)[C@@](CC2)(C(=O)O4)[C@H]31. The van der Waals surface area contributed by atoms with Crippen LogP contribution in [0.2, 0.25) is 0 Å². The smallest absolute Gasteiger partial charge is 0.313 e. The van der Waals surface area contributed by atoms with E-state index in [-0.39, 0.29) is 29.7 Å². The van der Waals surface area contributed by atoms with E-state index in [4.69, 9.17) is 4.74 Å². The summed E-state index contributed by atoms with van der Waals surface area (Å²) in [6.45, 7) is 4.19. The van der Waals surface area contributed by atoms with E-state index in [0.717, 1.165) is 30.4 Å². The van der Waals surface area contributed by atoms with Gasteiger partial charge in [-0.1, -0.05) is 19.1 Å². The highest BCUT2D eigenvalue weighted by molar-refractivity contribution is 6.07. The third kappa shape index (κ3) is 1.08. The number of carbonyl (C=O) groups excluding carboxylic acids is 2. The van der Waals surface area contributed by atoms with E-state index in [2.05, 4.69) is 19.1 Å². The van der Waals surface area contributed by atoms with Gasteiger partial charge in [-0.15, -0.1) is 0 Å². The van der Waals surface area contributed by atoms with E-state index < -0.39 is 5.41 Å². The Labute approximate surface area is 123 Å². The zero-order valence-corrected chi connectivity index (χ0v) is 12.3. The van der Waals surface area contributed by atoms with Crippen LogP contribution in [0.15, 0.2) is 12.1 Å². The molecule has 3 heteroatoms. The van der Waals surface area contributed by atoms with E-state index in [1.54, 1.807) is 0 Å². The Hall–Kier alpha value is -1.64. The highest BCUT2D eigenvalue weighted by Crippen LogP contribution is 2.66. The van der Waals surface area contributed by atoms with E-state index in [1.165, 1.54) is 11.1 Å². The van der Waals surface area contributed by atoms with E-state index in [1.807, 2.05) is 6.92 Å². The van der Waals surface area contributed by atoms with Crippen molar-refractivity contribution in [2.45, 2.75) is 45.1 Å². The first kappa shape index (κ1) is 12.0. The molecular weight excluding hydrogens is 264 g/mol. The normalized spacial score (nSPS) is 42.0. The van der Waals surface area contributed by atoms with Crippen molar-refractivity contribution in [3.63, 3.8) is 0 Å². The van der Waals surface area contributed by atoms with Gasteiger partial charge in [0, 0.05) is 11.5 Å². The Morgan fingerprint density at radius 3 is 2.86 bits per heavy atom. The molecule has 3 fully saturated rings. The molecule has 2 heterocycles. The molecular formula is C18H18O3. The molecule has 2 saturated heterocycles. The number of ketones is 1. The van der Waals surface area contributed by atoms with Crippen molar-refractivity contribution in [1.29, 1.82) is 0 Å². The molecule has 3 aliphatic carbocycles. The van der Waals surface area contributed by atoms with Crippen LogP contribution in [0.5, 0.6) is 0 Å². The fourth-order valence-corrected chi connectivity index (χ4v) is 5.69. The average Bonchev–Trinajstić information content (AvgIpc) is 2.77. The maximum Gasteiger partial charge on any atom is 0.313 e. The van der Waals surface area contributed by atoms with Crippen LogP contribution in [0.4, 0.5) is 0 Å². The Kier molecular flexibility index (Phi) is 1.93. The zero-order chi connectivity index (χ0) is 14.5. The Balaban J connectivity index is 1.87. The Bertz CT molecular complexity index is 719. The monoisotopic (exact) mass is 282 g/mol. The van der Waals surface area contributed by atoms with E-state index in [9.17, 15) is 9.59 Å². The summed E-state index contributed by atoms with van der Waals surface area (Å²) in [6.07, 6.45) is 2.37. The summed E-state index contributed by atoms with van der Waals surface area (Å²) in [5, 5.41) is 0. The average molecular weight is 282 g/mol. The molecule has 2 bridgehead atoms. The molecule has 1 unspecified atom stereocenters. The number of hydrogen-bond acceptors (Lipinski definition) is 3. The van der Waals surface area contributed by atoms with Crippen LogP contribution >= 0.6 is 0 Å². The molecule has 1 aromatic rings. The predicted octanol–water partition coefficient (Wildman–Crippen LogP) is 2.79. The number of aryl methyl sites for hydroxylation is 2. The number of Topliss-reactive ketones (excluding diaryl/α,β-unsaturated/α-hetero) is 1. The van der Waals surface area contributed by atoms with Crippen molar-refractivity contribution in [3.05, 3.63) is 34.4 Å². The third-order valence-corrected chi connectivity index (χ3v) is 6.63. The standard InChI is InChI=1S/C18H18O3/c1-8-3-4-10-5-6-18-9(2)7-11(21-17(18)20)14-15(18)13(10)12(8)16(14)19/h3-4,9,11,14-15H,5-7H2,1-2H3/t9?,11-,14+,15+,18+/m0/s1. The van der Waals surface area contributed by atoms with Crippen molar-refractivity contribution in [1.82, 2.24) is 0 Å². The van der Waals surface area contributed by atoms with Crippen molar-refractivity contribution in [2.75, 3.05) is 0 Å². The molecule has 0 aromatic heterocycles. The summed E-state index contributed by atoms with van der Waals surface area (Å²) in [5.41, 5.74) is 4.01. The number of benzene rings is 1. The van der Waals surface area contributed by atoms with Gasteiger partial charge in [0.1, 0.15) is 6.10 Å². The molecule has 6 rings (SSSR count). The van der Waals surface area contributed by atoms with Crippen LogP contribution in [0.3, 0.4) is 0 Å². The number of fused-ring (bicyclic) bond motifs is 2. The second-order valence-corrected chi connectivity index (χ2v) is 7.32. The summed E-state index contributed by atoms with van der Waals surface area (Å²) >= 11 is 0. The lowest BCUT2D eigenvalue weighted by Gasteiger charge is -2.57. The Morgan fingerprint density at radius 1 is 1.29 bits per heavy atom. The lowest BCUT2D eigenvalue weighted by molar-refractivity contribution is -0.203. The van der Waals surface area contributed by atoms with Gasteiger partial charge in [0.05, 0.1) is 11.3 Å². The molecule has 0 amide bonds. The topological polar surface area (TPSA) is 43.4 Å². The van der Waals surface area contributed by atoms with Gasteiger partial charge in [0.25, 0.3) is 0 Å². The number of esters is 1. The van der Waals surface area contributed by atoms with Gasteiger partial charge in [-0.2, -0.15) is 0 Å². The van der Waals surface area contributed by atoms with Gasteiger partial charge in [0.2, 0.25) is 0 Å². The van der Waals surface area contributed by atoms with Crippen LogP contribution in [0.1, 0.15) is 52.7 Å². The fourth-order valence-electron chi connectivity index (χ4n) is 5.69. The van der Waals surface area contributed by atoms with Gasteiger partial charge in [0.15, 0.2) is 5.78 Å². The molecule has 1 saturated carbocycles. The van der Waals surface area contributed by atoms with Gasteiger partial charge < -0.3 is 4.74 Å². The molecule has 5 atom stereocenters. The minimum absolute atomic E-state index is 0.0414. The second-order valence-electron chi connectivity index (χ2n) is 7.32. The molecule has 0 N–H and O–H groups in total. The lowest BCUT2D eigenvalue weighted by Crippen LogP contribution is -2.61. The summed E-state index contributed by atoms with van der Waals surface area (Å²) in [5.74, 6) is 0.468. The quantitative estimate of drug-likeness (QED) is 0.687. The van der Waals surface area contributed by atoms with Crippen molar-refractivity contribution in [2.24, 2.45) is 17.3 Å². The van der Waals surface area contributed by atoms with Crippen molar-refractivity contribution in [3.8, 4) is 0 Å². The molecule has 3 nitrogen and oxygen atoms in total. The Morgan fingerprint density at radius 2 is 2.10 bits per heavy atom. The van der Waals surface area contributed by atoms with Gasteiger partial charge >= 0.3 is 5.97 Å². The summed E-state index contributed by atoms with van der Waals surface area (Å²) in [6, 6.07) is 4.23. The highest BCUT2D eigenvalue weighted by Gasteiger charge is 2.69. The summed E-state index contributed by atoms with van der Waals surface area (Å²) in [7, 11) is 0. The maximum absolute atomic E-state index is 13.0. The van der Waals surface area contributed by atoms with Gasteiger partial charge in [-0.05, 0) is 48.8 Å². The van der Waals surface area contributed by atoms with Crippen LogP contribution in [0, 0.1) is 24.2 Å². The van der Waals surface area contributed by atoms with Crippen molar-refractivity contribution >= 4 is 11.8 Å². The van der Waals surface area contributed by atoms with E-state index in [0.29, 0.717) is 5.92 Å². The minimum Gasteiger partial charge on any atom is -0.461 e. The number of carbonyl (C=O) groups is 2. The second kappa shape index (κ2) is 3.40. The van der Waals surface area contributed by atoms with Gasteiger partial charge in [-0.25, -0.2) is 0 Å². The lowest BCUT2D eigenvalue weighted by atomic mass is 9.50. The number of hydrogen-bond donors (Lipinski definition) is 0. The molecule has 0 radical (unpaired) electrons. The fraction of sp³-hybridized carbons (Fsp3) is 0.556.